The summed E-state index contributed by atoms with van der Waals surface area (Å²) in [7, 11) is 0. The molecule has 4 aromatic rings. The maximum atomic E-state index is 13.4. The third kappa shape index (κ3) is 3.03. The number of ketones is 1. The molecule has 0 aliphatic carbocycles. The first kappa shape index (κ1) is 17.2. The standard InChI is InChI=1S/C23H22N2O3/c26-23(19-5-3-7-22-18(19)8-13-28-22)20-16-25(21-6-2-1-4-17(20)21)10-9-24-11-14-27-15-12-24/h1-8,13,16H,9-12,14-15H2. The number of hydrogen-bond acceptors (Lipinski definition) is 4. The maximum Gasteiger partial charge on any atom is 0.195 e. The van der Waals surface area contributed by atoms with Crippen LogP contribution in [0.15, 0.2) is 65.4 Å². The number of benzene rings is 2. The molecule has 1 fully saturated rings. The Morgan fingerprint density at radius 1 is 0.893 bits per heavy atom. The zero-order valence-electron chi connectivity index (χ0n) is 15.6. The second-order valence-corrected chi connectivity index (χ2v) is 7.17. The molecule has 0 bridgehead atoms. The molecule has 3 heterocycles. The minimum atomic E-state index is 0.0355. The summed E-state index contributed by atoms with van der Waals surface area (Å²) in [6, 6.07) is 15.6. The van der Waals surface area contributed by atoms with Gasteiger partial charge in [0.15, 0.2) is 5.78 Å². The molecule has 2 aromatic heterocycles. The molecule has 0 saturated carbocycles. The molecule has 1 aliphatic heterocycles. The number of hydrogen-bond donors (Lipinski definition) is 0. The van der Waals surface area contributed by atoms with Crippen LogP contribution in [0, 0.1) is 0 Å². The van der Waals surface area contributed by atoms with Crippen LogP contribution < -0.4 is 0 Å². The highest BCUT2D eigenvalue weighted by molar-refractivity contribution is 6.21. The van der Waals surface area contributed by atoms with Gasteiger partial charge < -0.3 is 13.7 Å². The molecule has 28 heavy (non-hydrogen) atoms. The first-order valence-electron chi connectivity index (χ1n) is 9.70. The SMILES string of the molecule is O=C(c1cccc2occc12)c1cn(CCN2CCOCC2)c2ccccc12. The van der Waals surface area contributed by atoms with Crippen molar-refractivity contribution in [2.45, 2.75) is 6.54 Å². The van der Waals surface area contributed by atoms with Crippen molar-refractivity contribution >= 4 is 27.7 Å². The summed E-state index contributed by atoms with van der Waals surface area (Å²) in [5.74, 6) is 0.0355. The molecular weight excluding hydrogens is 352 g/mol. The van der Waals surface area contributed by atoms with E-state index in [1.807, 2.05) is 48.7 Å². The molecule has 0 amide bonds. The normalized spacial score (nSPS) is 15.4. The summed E-state index contributed by atoms with van der Waals surface area (Å²) in [5.41, 5.74) is 3.26. The van der Waals surface area contributed by atoms with Crippen LogP contribution in [0.2, 0.25) is 0 Å². The Balaban J connectivity index is 1.51. The van der Waals surface area contributed by atoms with Gasteiger partial charge >= 0.3 is 0 Å². The lowest BCUT2D eigenvalue weighted by atomic mass is 10.00. The fraction of sp³-hybridized carbons (Fsp3) is 0.261. The number of furan rings is 1. The van der Waals surface area contributed by atoms with E-state index in [1.165, 1.54) is 0 Å². The van der Waals surface area contributed by atoms with E-state index in [2.05, 4.69) is 15.5 Å². The van der Waals surface area contributed by atoms with Crippen molar-refractivity contribution in [2.75, 3.05) is 32.8 Å². The largest absolute Gasteiger partial charge is 0.464 e. The number of nitrogens with zero attached hydrogens (tertiary/aromatic N) is 2. The van der Waals surface area contributed by atoms with Gasteiger partial charge in [-0.15, -0.1) is 0 Å². The van der Waals surface area contributed by atoms with Crippen molar-refractivity contribution in [3.8, 4) is 0 Å². The second kappa shape index (κ2) is 7.26. The lowest BCUT2D eigenvalue weighted by molar-refractivity contribution is 0.0365. The lowest BCUT2D eigenvalue weighted by Crippen LogP contribution is -2.38. The molecule has 0 N–H and O–H groups in total. The minimum Gasteiger partial charge on any atom is -0.464 e. The van der Waals surface area contributed by atoms with Crippen molar-refractivity contribution in [2.24, 2.45) is 0 Å². The predicted molar refractivity (Wildman–Crippen MR) is 109 cm³/mol. The zero-order valence-corrected chi connectivity index (χ0v) is 15.6. The summed E-state index contributed by atoms with van der Waals surface area (Å²) < 4.78 is 13.1. The summed E-state index contributed by atoms with van der Waals surface area (Å²) in [4.78, 5) is 15.8. The van der Waals surface area contributed by atoms with Crippen LogP contribution in [0.1, 0.15) is 15.9 Å². The summed E-state index contributed by atoms with van der Waals surface area (Å²) in [6.07, 6.45) is 3.64. The number of fused-ring (bicyclic) bond motifs is 2. The third-order valence-electron chi connectivity index (χ3n) is 5.53. The van der Waals surface area contributed by atoms with Crippen molar-refractivity contribution in [3.63, 3.8) is 0 Å². The van der Waals surface area contributed by atoms with Gasteiger partial charge in [0.25, 0.3) is 0 Å². The molecule has 1 aliphatic rings. The van der Waals surface area contributed by atoms with Gasteiger partial charge in [0.1, 0.15) is 5.58 Å². The quantitative estimate of drug-likeness (QED) is 0.496. The van der Waals surface area contributed by atoms with Crippen LogP contribution in [0.5, 0.6) is 0 Å². The maximum absolute atomic E-state index is 13.4. The van der Waals surface area contributed by atoms with E-state index in [0.717, 1.165) is 66.8 Å². The molecule has 0 atom stereocenters. The number of carbonyl (C=O) groups is 1. The molecule has 5 nitrogen and oxygen atoms in total. The first-order valence-corrected chi connectivity index (χ1v) is 9.70. The van der Waals surface area contributed by atoms with Crippen molar-refractivity contribution < 1.29 is 13.9 Å². The Hall–Kier alpha value is -2.89. The molecule has 0 unspecified atom stereocenters. The number of carbonyl (C=O) groups excluding carboxylic acids is 1. The van der Waals surface area contributed by atoms with Gasteiger partial charge in [0.05, 0.1) is 19.5 Å². The number of para-hydroxylation sites is 1. The van der Waals surface area contributed by atoms with Crippen molar-refractivity contribution in [1.29, 1.82) is 0 Å². The van der Waals surface area contributed by atoms with Crippen LogP contribution in [0.3, 0.4) is 0 Å². The third-order valence-corrected chi connectivity index (χ3v) is 5.53. The van der Waals surface area contributed by atoms with Gasteiger partial charge in [-0.1, -0.05) is 30.3 Å². The highest BCUT2D eigenvalue weighted by atomic mass is 16.5. The van der Waals surface area contributed by atoms with Gasteiger partial charge in [-0.2, -0.15) is 0 Å². The summed E-state index contributed by atoms with van der Waals surface area (Å²) in [6.45, 7) is 5.33. The van der Waals surface area contributed by atoms with Gasteiger partial charge in [0, 0.05) is 59.8 Å². The van der Waals surface area contributed by atoms with Crippen LogP contribution >= 0.6 is 0 Å². The molecule has 5 rings (SSSR count). The van der Waals surface area contributed by atoms with Gasteiger partial charge in [-0.05, 0) is 18.2 Å². The zero-order chi connectivity index (χ0) is 18.9. The van der Waals surface area contributed by atoms with E-state index in [0.29, 0.717) is 5.56 Å². The second-order valence-electron chi connectivity index (χ2n) is 7.17. The average molecular weight is 374 g/mol. The number of aromatic nitrogens is 1. The molecule has 2 aromatic carbocycles. The molecule has 5 heteroatoms. The first-order chi connectivity index (χ1) is 13.8. The van der Waals surface area contributed by atoms with Crippen LogP contribution in [0.25, 0.3) is 21.9 Å². The Bertz CT molecular complexity index is 1140. The van der Waals surface area contributed by atoms with E-state index in [-0.39, 0.29) is 5.78 Å². The fourth-order valence-corrected chi connectivity index (χ4v) is 4.02. The van der Waals surface area contributed by atoms with Crippen LogP contribution in [-0.4, -0.2) is 48.1 Å². The monoisotopic (exact) mass is 374 g/mol. The van der Waals surface area contributed by atoms with Crippen LogP contribution in [-0.2, 0) is 11.3 Å². The number of morpholine rings is 1. The molecule has 1 saturated heterocycles. The molecular formula is C23H22N2O3. The topological polar surface area (TPSA) is 47.6 Å². The highest BCUT2D eigenvalue weighted by Crippen LogP contribution is 2.27. The minimum absolute atomic E-state index is 0.0355. The smallest absolute Gasteiger partial charge is 0.195 e. The van der Waals surface area contributed by atoms with Gasteiger partial charge in [-0.25, -0.2) is 0 Å². The van der Waals surface area contributed by atoms with Crippen molar-refractivity contribution in [1.82, 2.24) is 9.47 Å². The Morgan fingerprint density at radius 2 is 1.75 bits per heavy atom. The van der Waals surface area contributed by atoms with E-state index >= 15 is 0 Å². The highest BCUT2D eigenvalue weighted by Gasteiger charge is 2.19. The van der Waals surface area contributed by atoms with Crippen LogP contribution in [0.4, 0.5) is 0 Å². The lowest BCUT2D eigenvalue weighted by Gasteiger charge is -2.26. The van der Waals surface area contributed by atoms with E-state index in [1.54, 1.807) is 6.26 Å². The Kier molecular flexibility index (Phi) is 4.47. The fourth-order valence-electron chi connectivity index (χ4n) is 4.02. The number of rotatable bonds is 5. The molecule has 142 valence electrons. The van der Waals surface area contributed by atoms with Gasteiger partial charge in [0.2, 0.25) is 0 Å². The molecule has 0 radical (unpaired) electrons. The van der Waals surface area contributed by atoms with Gasteiger partial charge in [-0.3, -0.25) is 9.69 Å². The van der Waals surface area contributed by atoms with E-state index < -0.39 is 0 Å². The van der Waals surface area contributed by atoms with E-state index in [4.69, 9.17) is 9.15 Å². The Labute approximate surface area is 163 Å². The Morgan fingerprint density at radius 3 is 2.64 bits per heavy atom. The predicted octanol–water partition coefficient (Wildman–Crippen LogP) is 3.95. The summed E-state index contributed by atoms with van der Waals surface area (Å²) >= 11 is 0. The van der Waals surface area contributed by atoms with Crippen molar-refractivity contribution in [3.05, 3.63) is 72.1 Å². The summed E-state index contributed by atoms with van der Waals surface area (Å²) in [5, 5.41) is 1.85. The molecule has 0 spiro atoms. The number of ether oxygens (including phenoxy) is 1. The van der Waals surface area contributed by atoms with E-state index in [9.17, 15) is 4.79 Å². The average Bonchev–Trinajstić information content (AvgIpc) is 3.37.